The molecule has 2 aliphatic carbocycles. The van der Waals surface area contributed by atoms with E-state index in [1.54, 1.807) is 0 Å². The van der Waals surface area contributed by atoms with Crippen molar-refractivity contribution in [3.05, 3.63) is 59.9 Å². The molecule has 3 heteroatoms. The average Bonchev–Trinajstić information content (AvgIpc) is 2.79. The van der Waals surface area contributed by atoms with E-state index in [9.17, 15) is 0 Å². The predicted octanol–water partition coefficient (Wildman–Crippen LogP) is 7.84. The van der Waals surface area contributed by atoms with Gasteiger partial charge in [0.15, 0.2) is 5.82 Å². The maximum atomic E-state index is 5.98. The molecule has 0 atom stereocenters. The minimum Gasteiger partial charge on any atom is -0.236 e. The zero-order valence-electron chi connectivity index (χ0n) is 17.4. The summed E-state index contributed by atoms with van der Waals surface area (Å²) in [6.45, 7) is 3.88. The Morgan fingerprint density at radius 3 is 2.03 bits per heavy atom. The van der Waals surface area contributed by atoms with E-state index in [4.69, 9.17) is 11.6 Å². The summed E-state index contributed by atoms with van der Waals surface area (Å²) in [7, 11) is 0. The molecule has 1 aromatic heterocycles. The molecule has 154 valence electrons. The lowest BCUT2D eigenvalue weighted by Gasteiger charge is -2.38. The summed E-state index contributed by atoms with van der Waals surface area (Å²) in [4.78, 5) is 9.27. The summed E-state index contributed by atoms with van der Waals surface area (Å²) in [5.74, 6) is 4.29. The van der Waals surface area contributed by atoms with Gasteiger partial charge in [-0.1, -0.05) is 30.5 Å². The monoisotopic (exact) mass is 408 g/mol. The van der Waals surface area contributed by atoms with Gasteiger partial charge in [0, 0.05) is 23.0 Å². The second-order valence-corrected chi connectivity index (χ2v) is 9.54. The van der Waals surface area contributed by atoms with Gasteiger partial charge in [-0.05, 0) is 105 Å². The highest BCUT2D eigenvalue weighted by Gasteiger charge is 2.31. The number of rotatable bonds is 6. The fourth-order valence-electron chi connectivity index (χ4n) is 5.52. The van der Waals surface area contributed by atoms with Gasteiger partial charge in [0.05, 0.1) is 0 Å². The van der Waals surface area contributed by atoms with Gasteiger partial charge in [0.25, 0.3) is 0 Å². The zero-order valence-corrected chi connectivity index (χ0v) is 18.2. The largest absolute Gasteiger partial charge is 0.236 e. The molecule has 0 amide bonds. The van der Waals surface area contributed by atoms with Crippen LogP contribution < -0.4 is 0 Å². The number of aromatic nitrogens is 2. The molecule has 0 aliphatic heterocycles. The summed E-state index contributed by atoms with van der Waals surface area (Å²) in [6, 6.07) is 7.74. The molecule has 1 heterocycles. The Kier molecular flexibility index (Phi) is 7.02. The number of hydrogen-bond donors (Lipinski definition) is 0. The first-order chi connectivity index (χ1) is 14.2. The van der Waals surface area contributed by atoms with Crippen molar-refractivity contribution in [3.8, 4) is 11.4 Å². The van der Waals surface area contributed by atoms with Gasteiger partial charge in [-0.25, -0.2) is 9.97 Å². The third-order valence-corrected chi connectivity index (χ3v) is 7.61. The molecule has 0 radical (unpaired) electrons. The standard InChI is InChI=1S/C26H33ClN2/c1-2-3-4-19-5-7-20(8-6-19)21-9-11-22(12-10-21)24-17-28-26(29-18-24)23-13-15-25(27)16-14-23/h2,13-22H,1,3-12H2. The first kappa shape index (κ1) is 20.6. The quantitative estimate of drug-likeness (QED) is 0.455. The van der Waals surface area contributed by atoms with Crippen molar-refractivity contribution < 1.29 is 0 Å². The summed E-state index contributed by atoms with van der Waals surface area (Å²) in [5, 5.41) is 0.743. The fraction of sp³-hybridized carbons (Fsp3) is 0.538. The fourth-order valence-corrected chi connectivity index (χ4v) is 5.65. The second kappa shape index (κ2) is 9.89. The van der Waals surface area contributed by atoms with E-state index in [1.165, 1.54) is 69.8 Å². The van der Waals surface area contributed by atoms with Crippen LogP contribution in [0.3, 0.4) is 0 Å². The van der Waals surface area contributed by atoms with Crippen LogP contribution in [0.15, 0.2) is 49.3 Å². The minimum atomic E-state index is 0.634. The molecule has 0 spiro atoms. The van der Waals surface area contributed by atoms with Gasteiger partial charge in [-0.3, -0.25) is 0 Å². The summed E-state index contributed by atoms with van der Waals surface area (Å²) in [5.41, 5.74) is 2.34. The van der Waals surface area contributed by atoms with E-state index < -0.39 is 0 Å². The molecule has 1 aromatic carbocycles. The molecule has 0 saturated heterocycles. The maximum absolute atomic E-state index is 5.98. The molecular formula is C26H33ClN2. The Labute approximate surface area is 180 Å². The second-order valence-electron chi connectivity index (χ2n) is 9.11. The van der Waals surface area contributed by atoms with E-state index in [0.717, 1.165) is 34.2 Å². The molecule has 29 heavy (non-hydrogen) atoms. The van der Waals surface area contributed by atoms with Crippen LogP contribution in [-0.4, -0.2) is 9.97 Å². The van der Waals surface area contributed by atoms with Crippen LogP contribution >= 0.6 is 11.6 Å². The lowest BCUT2D eigenvalue weighted by Crippen LogP contribution is -2.25. The van der Waals surface area contributed by atoms with Crippen LogP contribution in [0.5, 0.6) is 0 Å². The SMILES string of the molecule is C=CCCC1CCC(C2CCC(c3cnc(-c4ccc(Cl)cc4)nc3)CC2)CC1. The van der Waals surface area contributed by atoms with E-state index in [0.29, 0.717) is 5.92 Å². The molecule has 0 unspecified atom stereocenters. The molecular weight excluding hydrogens is 376 g/mol. The van der Waals surface area contributed by atoms with Gasteiger partial charge in [0.1, 0.15) is 0 Å². The Balaban J connectivity index is 1.27. The number of hydrogen-bond acceptors (Lipinski definition) is 2. The van der Waals surface area contributed by atoms with Crippen molar-refractivity contribution in [2.24, 2.45) is 17.8 Å². The van der Waals surface area contributed by atoms with Crippen LogP contribution in [0.1, 0.15) is 75.7 Å². The van der Waals surface area contributed by atoms with Gasteiger partial charge in [-0.2, -0.15) is 0 Å². The van der Waals surface area contributed by atoms with Crippen molar-refractivity contribution in [2.45, 2.75) is 70.1 Å². The normalized spacial score (nSPS) is 27.5. The van der Waals surface area contributed by atoms with Gasteiger partial charge in [0.2, 0.25) is 0 Å². The number of nitrogens with zero attached hydrogens (tertiary/aromatic N) is 2. The highest BCUT2D eigenvalue weighted by molar-refractivity contribution is 6.30. The van der Waals surface area contributed by atoms with E-state index >= 15 is 0 Å². The maximum Gasteiger partial charge on any atom is 0.159 e. The predicted molar refractivity (Wildman–Crippen MR) is 122 cm³/mol. The van der Waals surface area contributed by atoms with Crippen molar-refractivity contribution in [2.75, 3.05) is 0 Å². The number of halogens is 1. The molecule has 4 rings (SSSR count). The highest BCUT2D eigenvalue weighted by Crippen LogP contribution is 2.44. The molecule has 2 saturated carbocycles. The van der Waals surface area contributed by atoms with Crippen molar-refractivity contribution in [1.29, 1.82) is 0 Å². The first-order valence-corrected chi connectivity index (χ1v) is 11.8. The first-order valence-electron chi connectivity index (χ1n) is 11.4. The minimum absolute atomic E-state index is 0.634. The zero-order chi connectivity index (χ0) is 20.1. The third kappa shape index (κ3) is 5.28. The van der Waals surface area contributed by atoms with Gasteiger partial charge < -0.3 is 0 Å². The Morgan fingerprint density at radius 1 is 0.862 bits per heavy atom. The van der Waals surface area contributed by atoms with Gasteiger partial charge in [-0.15, -0.1) is 6.58 Å². The van der Waals surface area contributed by atoms with Crippen LogP contribution in [0, 0.1) is 17.8 Å². The highest BCUT2D eigenvalue weighted by atomic mass is 35.5. The average molecular weight is 409 g/mol. The summed E-state index contributed by atoms with van der Waals surface area (Å²) >= 11 is 5.98. The molecule has 0 N–H and O–H groups in total. The summed E-state index contributed by atoms with van der Waals surface area (Å²) in [6.07, 6.45) is 19.9. The lowest BCUT2D eigenvalue weighted by atomic mass is 9.68. The molecule has 2 fully saturated rings. The molecule has 2 aromatic rings. The van der Waals surface area contributed by atoms with Crippen LogP contribution in [0.2, 0.25) is 5.02 Å². The number of benzene rings is 1. The van der Waals surface area contributed by atoms with Crippen molar-refractivity contribution >= 4 is 11.6 Å². The Hall–Kier alpha value is -1.67. The van der Waals surface area contributed by atoms with Gasteiger partial charge >= 0.3 is 0 Å². The van der Waals surface area contributed by atoms with E-state index in [2.05, 4.69) is 22.6 Å². The van der Waals surface area contributed by atoms with Crippen LogP contribution in [0.4, 0.5) is 0 Å². The Bertz CT molecular complexity index is 767. The van der Waals surface area contributed by atoms with E-state index in [1.807, 2.05) is 36.7 Å². The topological polar surface area (TPSA) is 25.8 Å². The Morgan fingerprint density at radius 2 is 1.45 bits per heavy atom. The lowest BCUT2D eigenvalue weighted by molar-refractivity contribution is 0.157. The van der Waals surface area contributed by atoms with Crippen LogP contribution in [0.25, 0.3) is 11.4 Å². The van der Waals surface area contributed by atoms with Crippen molar-refractivity contribution in [1.82, 2.24) is 9.97 Å². The third-order valence-electron chi connectivity index (χ3n) is 7.35. The van der Waals surface area contributed by atoms with Crippen molar-refractivity contribution in [3.63, 3.8) is 0 Å². The molecule has 0 bridgehead atoms. The molecule has 2 aliphatic rings. The molecule has 2 nitrogen and oxygen atoms in total. The smallest absolute Gasteiger partial charge is 0.159 e. The number of allylic oxidation sites excluding steroid dienone is 1. The van der Waals surface area contributed by atoms with E-state index in [-0.39, 0.29) is 0 Å². The van der Waals surface area contributed by atoms with Crippen LogP contribution in [-0.2, 0) is 0 Å². The summed E-state index contributed by atoms with van der Waals surface area (Å²) < 4.78 is 0.